The van der Waals surface area contributed by atoms with Gasteiger partial charge in [0.2, 0.25) is 11.8 Å². The molecule has 0 aromatic heterocycles. The van der Waals surface area contributed by atoms with Gasteiger partial charge in [0.05, 0.1) is 42.7 Å². The molecule has 0 bridgehead atoms. The van der Waals surface area contributed by atoms with Crippen molar-refractivity contribution in [2.24, 2.45) is 11.8 Å². The minimum atomic E-state index is -1.01. The fourth-order valence-corrected chi connectivity index (χ4v) is 6.16. The number of aryl methyl sites for hydroxylation is 1. The van der Waals surface area contributed by atoms with Crippen LogP contribution >= 0.6 is 0 Å². The molecule has 2 amide bonds. The van der Waals surface area contributed by atoms with Crippen LogP contribution in [0.1, 0.15) is 21.5 Å². The highest BCUT2D eigenvalue weighted by Crippen LogP contribution is 2.50. The zero-order chi connectivity index (χ0) is 28.3. The molecule has 3 aliphatic rings. The standard InChI is InChI=1S/C30H25N3O7/c1-16-8-11-19(33(37)38)15-22(16)32-29(35)25-21-12-9-17-6-4-5-7-20(17)31(21)27(26(25)30(32)36)28(34)18-10-13-23(39-2)24(14-18)40-3/h4-15,21,25-27H,1-3H3/t21-,25-,26-,27+/m1/s1. The van der Waals surface area contributed by atoms with Crippen molar-refractivity contribution < 1.29 is 28.8 Å². The molecule has 3 aromatic rings. The monoisotopic (exact) mass is 539 g/mol. The quantitative estimate of drug-likeness (QED) is 0.198. The van der Waals surface area contributed by atoms with Crippen LogP contribution in [0.2, 0.25) is 0 Å². The van der Waals surface area contributed by atoms with E-state index in [0.717, 1.165) is 16.2 Å². The van der Waals surface area contributed by atoms with Crippen LogP contribution in [0.5, 0.6) is 11.5 Å². The maximum absolute atomic E-state index is 14.3. The number of hydrogen-bond donors (Lipinski definition) is 0. The van der Waals surface area contributed by atoms with Gasteiger partial charge >= 0.3 is 0 Å². The molecule has 4 atom stereocenters. The van der Waals surface area contributed by atoms with E-state index in [0.29, 0.717) is 22.6 Å². The van der Waals surface area contributed by atoms with E-state index in [-0.39, 0.29) is 17.2 Å². The van der Waals surface area contributed by atoms with Crippen LogP contribution in [-0.2, 0) is 9.59 Å². The minimum Gasteiger partial charge on any atom is -0.493 e. The number of benzene rings is 3. The summed E-state index contributed by atoms with van der Waals surface area (Å²) in [6.45, 7) is 1.68. The van der Waals surface area contributed by atoms with E-state index in [9.17, 15) is 24.5 Å². The lowest BCUT2D eigenvalue weighted by Gasteiger charge is -2.36. The Balaban J connectivity index is 1.50. The van der Waals surface area contributed by atoms with Gasteiger partial charge in [-0.25, -0.2) is 4.90 Å². The number of nitro groups is 1. The average molecular weight is 540 g/mol. The van der Waals surface area contributed by atoms with Gasteiger partial charge in [0, 0.05) is 23.4 Å². The Morgan fingerprint density at radius 3 is 2.35 bits per heavy atom. The highest BCUT2D eigenvalue weighted by molar-refractivity contribution is 6.26. The molecule has 10 heteroatoms. The number of hydrogen-bond acceptors (Lipinski definition) is 8. The van der Waals surface area contributed by atoms with Crippen LogP contribution < -0.4 is 19.3 Å². The zero-order valence-corrected chi connectivity index (χ0v) is 21.9. The maximum atomic E-state index is 14.3. The Labute approximate surface area is 229 Å². The number of Topliss-reactive ketones (excluding diaryl/α,β-unsaturated/α-hetero) is 1. The molecule has 0 spiro atoms. The second-order valence-electron chi connectivity index (χ2n) is 9.99. The van der Waals surface area contributed by atoms with Gasteiger partial charge < -0.3 is 14.4 Å². The summed E-state index contributed by atoms with van der Waals surface area (Å²) in [5, 5.41) is 11.5. The smallest absolute Gasteiger partial charge is 0.271 e. The van der Waals surface area contributed by atoms with Crippen molar-refractivity contribution in [2.75, 3.05) is 24.0 Å². The van der Waals surface area contributed by atoms with E-state index in [1.54, 1.807) is 25.1 Å². The van der Waals surface area contributed by atoms with Gasteiger partial charge in [-0.3, -0.25) is 24.5 Å². The summed E-state index contributed by atoms with van der Waals surface area (Å²) in [4.78, 5) is 56.3. The summed E-state index contributed by atoms with van der Waals surface area (Å²) >= 11 is 0. The Hall–Kier alpha value is -4.99. The van der Waals surface area contributed by atoms with E-state index in [1.807, 2.05) is 41.3 Å². The van der Waals surface area contributed by atoms with Gasteiger partial charge in [0.25, 0.3) is 5.69 Å². The first kappa shape index (κ1) is 25.3. The fourth-order valence-electron chi connectivity index (χ4n) is 6.16. The molecule has 3 aromatic carbocycles. The third kappa shape index (κ3) is 3.59. The fraction of sp³-hybridized carbons (Fsp3) is 0.233. The third-order valence-corrected chi connectivity index (χ3v) is 8.00. The molecule has 3 aliphatic heterocycles. The molecule has 3 heterocycles. The summed E-state index contributed by atoms with van der Waals surface area (Å²) in [6.07, 6.45) is 3.76. The molecule has 40 heavy (non-hydrogen) atoms. The second kappa shape index (κ2) is 9.33. The topological polar surface area (TPSA) is 119 Å². The summed E-state index contributed by atoms with van der Waals surface area (Å²) in [5.41, 5.74) is 2.39. The Bertz CT molecular complexity index is 1630. The number of rotatable bonds is 6. The number of anilines is 2. The molecule has 10 nitrogen and oxygen atoms in total. The average Bonchev–Trinajstić information content (AvgIpc) is 3.44. The number of para-hydroxylation sites is 1. The lowest BCUT2D eigenvalue weighted by Crippen LogP contribution is -2.49. The Kier molecular flexibility index (Phi) is 5.90. The van der Waals surface area contributed by atoms with Crippen LogP contribution in [0.25, 0.3) is 6.08 Å². The number of imide groups is 1. The molecule has 0 saturated carbocycles. The van der Waals surface area contributed by atoms with Crippen molar-refractivity contribution in [1.29, 1.82) is 0 Å². The number of carbonyl (C=O) groups excluding carboxylic acids is 3. The van der Waals surface area contributed by atoms with Crippen LogP contribution in [0.3, 0.4) is 0 Å². The van der Waals surface area contributed by atoms with E-state index >= 15 is 0 Å². The molecule has 0 N–H and O–H groups in total. The van der Waals surface area contributed by atoms with Crippen LogP contribution in [0.15, 0.2) is 66.7 Å². The van der Waals surface area contributed by atoms with Gasteiger partial charge in [-0.05, 0) is 42.3 Å². The number of non-ortho nitro benzene ring substituents is 1. The number of ketones is 1. The number of nitro benzene ring substituents is 1. The normalized spacial score (nSPS) is 22.6. The number of amides is 2. The summed E-state index contributed by atoms with van der Waals surface area (Å²) in [6, 6.07) is 14.8. The molecule has 2 saturated heterocycles. The highest BCUT2D eigenvalue weighted by atomic mass is 16.6. The largest absolute Gasteiger partial charge is 0.493 e. The van der Waals surface area contributed by atoms with Crippen molar-refractivity contribution in [1.82, 2.24) is 0 Å². The van der Waals surface area contributed by atoms with Crippen LogP contribution in [0, 0.1) is 28.9 Å². The lowest BCUT2D eigenvalue weighted by molar-refractivity contribution is -0.384. The number of methoxy groups -OCH3 is 2. The lowest BCUT2D eigenvalue weighted by atomic mass is 9.86. The molecular formula is C30H25N3O7. The number of carbonyl (C=O) groups is 3. The zero-order valence-electron chi connectivity index (χ0n) is 21.9. The summed E-state index contributed by atoms with van der Waals surface area (Å²) < 4.78 is 10.7. The van der Waals surface area contributed by atoms with Gasteiger partial charge in [0.1, 0.15) is 6.04 Å². The van der Waals surface area contributed by atoms with Crippen molar-refractivity contribution >= 4 is 40.7 Å². The van der Waals surface area contributed by atoms with Crippen molar-refractivity contribution in [2.45, 2.75) is 19.0 Å². The van der Waals surface area contributed by atoms with Gasteiger partial charge in [-0.2, -0.15) is 0 Å². The third-order valence-electron chi connectivity index (χ3n) is 8.00. The van der Waals surface area contributed by atoms with Crippen molar-refractivity contribution in [3.8, 4) is 11.5 Å². The van der Waals surface area contributed by atoms with E-state index in [1.165, 1.54) is 32.4 Å². The molecule has 6 rings (SSSR count). The first-order valence-corrected chi connectivity index (χ1v) is 12.7. The molecule has 202 valence electrons. The van der Waals surface area contributed by atoms with E-state index in [4.69, 9.17) is 9.47 Å². The van der Waals surface area contributed by atoms with Gasteiger partial charge in [-0.1, -0.05) is 36.4 Å². The first-order valence-electron chi connectivity index (χ1n) is 12.7. The first-order chi connectivity index (χ1) is 19.3. The minimum absolute atomic E-state index is 0.155. The maximum Gasteiger partial charge on any atom is 0.271 e. The molecule has 0 unspecified atom stereocenters. The van der Waals surface area contributed by atoms with Crippen LogP contribution in [0.4, 0.5) is 17.1 Å². The van der Waals surface area contributed by atoms with E-state index in [2.05, 4.69) is 0 Å². The molecule has 2 fully saturated rings. The predicted molar refractivity (Wildman–Crippen MR) is 147 cm³/mol. The number of fused-ring (bicyclic) bond motifs is 5. The predicted octanol–water partition coefficient (Wildman–Crippen LogP) is 4.19. The molecule has 0 aliphatic carbocycles. The van der Waals surface area contributed by atoms with Crippen molar-refractivity contribution in [3.63, 3.8) is 0 Å². The molecular weight excluding hydrogens is 514 g/mol. The highest BCUT2D eigenvalue weighted by Gasteiger charge is 2.64. The van der Waals surface area contributed by atoms with Gasteiger partial charge in [0.15, 0.2) is 17.3 Å². The number of ether oxygens (including phenoxy) is 2. The molecule has 0 radical (unpaired) electrons. The summed E-state index contributed by atoms with van der Waals surface area (Å²) in [7, 11) is 2.97. The Morgan fingerprint density at radius 2 is 1.62 bits per heavy atom. The SMILES string of the molecule is COc1ccc(C(=O)[C@@H]2[C@@H]3C(=O)N(c4cc([N+](=O)[O-])ccc4C)C(=O)[C@@H]3[C@H]3C=Cc4ccccc4N32)cc1OC. The second-order valence-corrected chi connectivity index (χ2v) is 9.99. The van der Waals surface area contributed by atoms with Crippen LogP contribution in [-0.4, -0.2) is 48.8 Å². The van der Waals surface area contributed by atoms with Gasteiger partial charge in [-0.15, -0.1) is 0 Å². The summed E-state index contributed by atoms with van der Waals surface area (Å²) in [5.74, 6) is -2.44. The van der Waals surface area contributed by atoms with Crippen molar-refractivity contribution in [3.05, 3.63) is 93.5 Å². The Morgan fingerprint density at radius 1 is 0.900 bits per heavy atom. The van der Waals surface area contributed by atoms with E-state index < -0.39 is 40.7 Å². The number of nitrogens with zero attached hydrogens (tertiary/aromatic N) is 3.